The van der Waals surface area contributed by atoms with Gasteiger partial charge in [-0.1, -0.05) is 0 Å². The molecule has 0 amide bonds. The van der Waals surface area contributed by atoms with E-state index in [1.807, 2.05) is 0 Å². The maximum absolute atomic E-state index is 9.01. The van der Waals surface area contributed by atoms with E-state index in [9.17, 15) is 0 Å². The van der Waals surface area contributed by atoms with Crippen molar-refractivity contribution in [1.82, 2.24) is 0 Å². The summed E-state index contributed by atoms with van der Waals surface area (Å²) in [5, 5.41) is 0. The van der Waals surface area contributed by atoms with Crippen molar-refractivity contribution < 1.29 is 35.3 Å². The van der Waals surface area contributed by atoms with E-state index in [1.54, 1.807) is 0 Å². The summed E-state index contributed by atoms with van der Waals surface area (Å²) in [7, 11) is -8.83. The molecule has 0 aliphatic carbocycles. The van der Waals surface area contributed by atoms with Crippen molar-refractivity contribution in [3.05, 3.63) is 0 Å². The standard InChI is InChI=1S/CH6O8Si4/c1-5-13-8-11(3)6-10(2)7-12(4)9-13/h2-4H,1H3. The molecule has 0 atom stereocenters. The van der Waals surface area contributed by atoms with Gasteiger partial charge in [0.15, 0.2) is 0 Å². The largest absolute Gasteiger partial charge is 0.561 e. The second kappa shape index (κ2) is 5.43. The first-order valence-corrected chi connectivity index (χ1v) is 7.93. The van der Waals surface area contributed by atoms with Gasteiger partial charge >= 0.3 is 38.1 Å². The van der Waals surface area contributed by atoms with E-state index in [0.717, 1.165) is 0 Å². The van der Waals surface area contributed by atoms with Crippen LogP contribution in [0.5, 0.6) is 0 Å². The van der Waals surface area contributed by atoms with Gasteiger partial charge in [0.05, 0.1) is 0 Å². The van der Waals surface area contributed by atoms with Crippen LogP contribution >= 0.6 is 0 Å². The van der Waals surface area contributed by atoms with Gasteiger partial charge in [-0.05, 0) is 0 Å². The van der Waals surface area contributed by atoms with Gasteiger partial charge in [0.2, 0.25) is 0 Å². The summed E-state index contributed by atoms with van der Waals surface area (Å²) in [5.74, 6) is 0. The first kappa shape index (κ1) is 11.6. The molecule has 1 heterocycles. The van der Waals surface area contributed by atoms with Gasteiger partial charge in [-0.2, -0.15) is 0 Å². The Bertz CT molecular complexity index is 141. The quantitative estimate of drug-likeness (QED) is 0.418. The Kier molecular flexibility index (Phi) is 4.86. The van der Waals surface area contributed by atoms with Gasteiger partial charge in [-0.25, -0.2) is 0 Å². The summed E-state index contributed by atoms with van der Waals surface area (Å²) >= 11 is 0. The van der Waals surface area contributed by atoms with Crippen LogP contribution in [0, 0.1) is 0 Å². The minimum Gasteiger partial charge on any atom is -0.388 e. The third-order valence-corrected chi connectivity index (χ3v) is 6.71. The van der Waals surface area contributed by atoms with Crippen LogP contribution < -0.4 is 0 Å². The fourth-order valence-corrected chi connectivity index (χ4v) is 5.63. The van der Waals surface area contributed by atoms with Crippen LogP contribution in [0.3, 0.4) is 0 Å². The van der Waals surface area contributed by atoms with Gasteiger partial charge in [0, 0.05) is 7.11 Å². The van der Waals surface area contributed by atoms with Crippen LogP contribution in [0.15, 0.2) is 0 Å². The van der Waals surface area contributed by atoms with E-state index in [0.29, 0.717) is 0 Å². The molecule has 1 saturated heterocycles. The Labute approximate surface area is 81.1 Å². The van der Waals surface area contributed by atoms with Crippen molar-refractivity contribution in [2.45, 2.75) is 0 Å². The van der Waals surface area contributed by atoms with Gasteiger partial charge < -0.3 is 35.3 Å². The van der Waals surface area contributed by atoms with Crippen LogP contribution in [0.1, 0.15) is 0 Å². The molecule has 0 aromatic carbocycles. The van der Waals surface area contributed by atoms with E-state index in [-0.39, 0.29) is 0 Å². The summed E-state index contributed by atoms with van der Waals surface area (Å²) in [6, 6.07) is 0. The zero-order valence-corrected chi connectivity index (χ0v) is 10.4. The molecule has 1 rings (SSSR count). The fraction of sp³-hybridized carbons (Fsp3) is 1.00. The molecule has 13 heavy (non-hydrogen) atoms. The third kappa shape index (κ3) is 4.06. The molecule has 12 heteroatoms. The lowest BCUT2D eigenvalue weighted by Crippen LogP contribution is -2.49. The summed E-state index contributed by atoms with van der Waals surface area (Å²) in [4.78, 5) is 26.9. The molecule has 0 aromatic rings. The highest BCUT2D eigenvalue weighted by molar-refractivity contribution is 6.65. The van der Waals surface area contributed by atoms with Gasteiger partial charge in [-0.15, -0.1) is 0 Å². The maximum atomic E-state index is 9.01. The second-order valence-corrected chi connectivity index (χ2v) is 7.43. The van der Waals surface area contributed by atoms with Crippen molar-refractivity contribution in [3.8, 4) is 0 Å². The molecule has 3 N–H and O–H groups in total. The highest BCUT2D eigenvalue weighted by Crippen LogP contribution is 2.03. The lowest BCUT2D eigenvalue weighted by Gasteiger charge is -2.21. The molecule has 0 aromatic heterocycles. The average Bonchev–Trinajstić information content (AvgIpc) is 1.99. The Morgan fingerprint density at radius 2 is 1.23 bits per heavy atom. The molecule has 0 bridgehead atoms. The molecule has 4 radical (unpaired) electrons. The maximum Gasteiger partial charge on any atom is 0.561 e. The molecule has 1 fully saturated rings. The molecule has 74 valence electrons. The highest BCUT2D eigenvalue weighted by Gasteiger charge is 2.40. The van der Waals surface area contributed by atoms with E-state index in [4.69, 9.17) is 22.6 Å². The molecular formula is CH6O8Si4. The first-order valence-electron chi connectivity index (χ1n) is 2.92. The smallest absolute Gasteiger partial charge is 0.388 e. The predicted octanol–water partition coefficient (Wildman–Crippen LogP) is -3.37. The molecule has 0 spiro atoms. The number of hydrogen-bond acceptors (Lipinski definition) is 8. The fourth-order valence-electron chi connectivity index (χ4n) is 0.459. The van der Waals surface area contributed by atoms with Gasteiger partial charge in [0.25, 0.3) is 0 Å². The molecule has 8 nitrogen and oxygen atoms in total. The number of hydrogen-bond donors (Lipinski definition) is 3. The van der Waals surface area contributed by atoms with Crippen LogP contribution in [-0.4, -0.2) is 59.6 Å². The zero-order valence-electron chi connectivity index (χ0n) is 6.38. The van der Waals surface area contributed by atoms with E-state index in [1.165, 1.54) is 7.11 Å². The third-order valence-electron chi connectivity index (χ3n) is 0.857. The van der Waals surface area contributed by atoms with Gasteiger partial charge in [0.1, 0.15) is 0 Å². The normalized spacial score (nSPS) is 25.8. The second-order valence-electron chi connectivity index (χ2n) is 1.66. The van der Waals surface area contributed by atoms with Crippen molar-refractivity contribution >= 4 is 38.1 Å². The van der Waals surface area contributed by atoms with E-state index < -0.39 is 38.1 Å². The van der Waals surface area contributed by atoms with Crippen LogP contribution in [0.2, 0.25) is 0 Å². The first-order chi connectivity index (χ1) is 6.11. The Morgan fingerprint density at radius 3 is 1.62 bits per heavy atom. The monoisotopic (exact) mass is 258 g/mol. The van der Waals surface area contributed by atoms with Crippen molar-refractivity contribution in [1.29, 1.82) is 0 Å². The minimum absolute atomic E-state index is 1.30. The molecular weight excluding hydrogens is 252 g/mol. The zero-order chi connectivity index (χ0) is 9.84. The Morgan fingerprint density at radius 1 is 0.846 bits per heavy atom. The van der Waals surface area contributed by atoms with Crippen LogP contribution in [-0.2, 0) is 20.9 Å². The number of rotatable bonds is 1. The summed E-state index contributed by atoms with van der Waals surface area (Å²) < 4.78 is 23.1. The average molecular weight is 258 g/mol. The van der Waals surface area contributed by atoms with Crippen molar-refractivity contribution in [2.75, 3.05) is 7.11 Å². The topological polar surface area (TPSA) is 107 Å². The lowest BCUT2D eigenvalue weighted by atomic mass is 11.8. The van der Waals surface area contributed by atoms with E-state index in [2.05, 4.69) is 12.7 Å². The summed E-state index contributed by atoms with van der Waals surface area (Å²) in [5.41, 5.74) is 0. The Hall–Kier alpha value is 0.548. The molecule has 0 unspecified atom stereocenters. The molecule has 0 saturated carbocycles. The highest BCUT2D eigenvalue weighted by atomic mass is 28.5. The summed E-state index contributed by atoms with van der Waals surface area (Å²) in [6.45, 7) is 0. The van der Waals surface area contributed by atoms with E-state index >= 15 is 0 Å². The summed E-state index contributed by atoms with van der Waals surface area (Å²) in [6.07, 6.45) is 0. The molecule has 1 aliphatic rings. The SMILES string of the molecule is CO[Si]1O[Si](O)O[Si](O)O[Si](O)O1. The Balaban J connectivity index is 2.48. The van der Waals surface area contributed by atoms with Crippen molar-refractivity contribution in [3.63, 3.8) is 0 Å². The van der Waals surface area contributed by atoms with Crippen LogP contribution in [0.25, 0.3) is 0 Å². The predicted molar refractivity (Wildman–Crippen MR) is 41.0 cm³/mol. The van der Waals surface area contributed by atoms with Gasteiger partial charge in [-0.3, -0.25) is 0 Å². The van der Waals surface area contributed by atoms with Crippen molar-refractivity contribution in [2.24, 2.45) is 0 Å². The minimum atomic E-state index is -2.68. The molecule has 1 aliphatic heterocycles. The lowest BCUT2D eigenvalue weighted by molar-refractivity contribution is 0.122. The van der Waals surface area contributed by atoms with Crippen LogP contribution in [0.4, 0.5) is 0 Å².